The number of aromatic nitrogens is 2. The third kappa shape index (κ3) is 4.55. The number of ether oxygens (including phenoxy) is 1. The second kappa shape index (κ2) is 8.12. The van der Waals surface area contributed by atoms with Crippen molar-refractivity contribution in [2.45, 2.75) is 25.8 Å². The third-order valence-electron chi connectivity index (χ3n) is 3.55. The highest BCUT2D eigenvalue weighted by atomic mass is 16.5. The average molecular weight is 299 g/mol. The van der Waals surface area contributed by atoms with Crippen LogP contribution < -0.4 is 4.74 Å². The van der Waals surface area contributed by atoms with Gasteiger partial charge in [-0.3, -0.25) is 4.79 Å². The van der Waals surface area contributed by atoms with Gasteiger partial charge >= 0.3 is 0 Å². The Morgan fingerprint density at radius 2 is 2.05 bits per heavy atom. The van der Waals surface area contributed by atoms with Crippen LogP contribution >= 0.6 is 0 Å². The number of para-hydroxylation sites is 1. The van der Waals surface area contributed by atoms with Crippen LogP contribution in [0.2, 0.25) is 0 Å². The van der Waals surface area contributed by atoms with Crippen molar-refractivity contribution < 1.29 is 9.53 Å². The molecule has 116 valence electrons. The summed E-state index contributed by atoms with van der Waals surface area (Å²) in [6, 6.07) is 11.4. The lowest BCUT2D eigenvalue weighted by molar-refractivity contribution is -0.132. The molecule has 1 atom stereocenters. The summed E-state index contributed by atoms with van der Waals surface area (Å²) in [6.07, 6.45) is 4.33. The second-order valence-corrected chi connectivity index (χ2v) is 5.08. The van der Waals surface area contributed by atoms with E-state index in [-0.39, 0.29) is 11.9 Å². The van der Waals surface area contributed by atoms with Gasteiger partial charge in [-0.25, -0.2) is 9.97 Å². The van der Waals surface area contributed by atoms with Gasteiger partial charge in [0.15, 0.2) is 0 Å². The minimum absolute atomic E-state index is 0.0643. The van der Waals surface area contributed by atoms with Crippen LogP contribution in [0, 0.1) is 0 Å². The van der Waals surface area contributed by atoms with E-state index in [0.717, 1.165) is 11.4 Å². The molecule has 5 nitrogen and oxygen atoms in total. The molecular weight excluding hydrogens is 278 g/mol. The summed E-state index contributed by atoms with van der Waals surface area (Å²) >= 11 is 0. The highest BCUT2D eigenvalue weighted by molar-refractivity contribution is 5.76. The van der Waals surface area contributed by atoms with Crippen LogP contribution in [0.25, 0.3) is 0 Å². The second-order valence-electron chi connectivity index (χ2n) is 5.08. The van der Waals surface area contributed by atoms with Gasteiger partial charge in [-0.15, -0.1) is 0 Å². The summed E-state index contributed by atoms with van der Waals surface area (Å²) in [5.41, 5.74) is 0.839. The first-order chi connectivity index (χ1) is 10.7. The van der Waals surface area contributed by atoms with Crippen molar-refractivity contribution in [1.29, 1.82) is 0 Å². The highest BCUT2D eigenvalue weighted by Gasteiger charge is 2.17. The first kappa shape index (κ1) is 15.9. The van der Waals surface area contributed by atoms with E-state index in [2.05, 4.69) is 9.97 Å². The van der Waals surface area contributed by atoms with E-state index in [0.29, 0.717) is 19.4 Å². The fourth-order valence-electron chi connectivity index (χ4n) is 2.07. The Kier molecular flexibility index (Phi) is 5.89. The van der Waals surface area contributed by atoms with Crippen molar-refractivity contribution in [3.63, 3.8) is 0 Å². The number of carbonyl (C=O) groups excluding carboxylic acids is 1. The zero-order valence-electron chi connectivity index (χ0n) is 13.0. The normalized spacial score (nSPS) is 11.7. The maximum atomic E-state index is 12.2. The predicted molar refractivity (Wildman–Crippen MR) is 84.4 cm³/mol. The summed E-state index contributed by atoms with van der Waals surface area (Å²) in [4.78, 5) is 22.0. The van der Waals surface area contributed by atoms with Gasteiger partial charge in [0, 0.05) is 19.7 Å². The van der Waals surface area contributed by atoms with E-state index in [4.69, 9.17) is 4.74 Å². The SMILES string of the molecule is C[C@H](c1ccncn1)N(C)C(=O)CCCOc1ccccc1. The number of rotatable bonds is 7. The molecule has 0 bridgehead atoms. The van der Waals surface area contributed by atoms with E-state index < -0.39 is 0 Å². The number of hydrogen-bond donors (Lipinski definition) is 0. The number of carbonyl (C=O) groups is 1. The summed E-state index contributed by atoms with van der Waals surface area (Å²) < 4.78 is 5.59. The zero-order chi connectivity index (χ0) is 15.8. The lowest BCUT2D eigenvalue weighted by Crippen LogP contribution is -2.30. The highest BCUT2D eigenvalue weighted by Crippen LogP contribution is 2.17. The summed E-state index contributed by atoms with van der Waals surface area (Å²) in [6.45, 7) is 2.49. The van der Waals surface area contributed by atoms with Gasteiger partial charge in [-0.2, -0.15) is 0 Å². The van der Waals surface area contributed by atoms with Gasteiger partial charge in [0.05, 0.1) is 18.3 Å². The summed E-state index contributed by atoms with van der Waals surface area (Å²) in [5, 5.41) is 0. The standard InChI is InChI=1S/C17H21N3O2/c1-14(16-10-11-18-13-19-16)20(2)17(21)9-6-12-22-15-7-4-3-5-8-15/h3-5,7-8,10-11,13-14H,6,9,12H2,1-2H3/t14-/m1/s1. The van der Waals surface area contributed by atoms with Crippen molar-refractivity contribution >= 4 is 5.91 Å². The van der Waals surface area contributed by atoms with E-state index >= 15 is 0 Å². The molecule has 1 amide bonds. The lowest BCUT2D eigenvalue weighted by Gasteiger charge is -2.24. The molecule has 0 aliphatic heterocycles. The number of benzene rings is 1. The minimum atomic E-state index is -0.0643. The van der Waals surface area contributed by atoms with Gasteiger partial charge in [0.2, 0.25) is 5.91 Å². The van der Waals surface area contributed by atoms with Crippen LogP contribution in [0.1, 0.15) is 31.5 Å². The van der Waals surface area contributed by atoms with E-state index in [1.165, 1.54) is 6.33 Å². The van der Waals surface area contributed by atoms with Crippen molar-refractivity contribution in [2.24, 2.45) is 0 Å². The Morgan fingerprint density at radius 1 is 1.27 bits per heavy atom. The molecule has 0 aliphatic rings. The third-order valence-corrected chi connectivity index (χ3v) is 3.55. The summed E-state index contributed by atoms with van der Waals surface area (Å²) in [7, 11) is 1.80. The molecule has 0 unspecified atom stereocenters. The van der Waals surface area contributed by atoms with Crippen LogP contribution in [0.4, 0.5) is 0 Å². The largest absolute Gasteiger partial charge is 0.494 e. The van der Waals surface area contributed by atoms with Gasteiger partial charge in [-0.1, -0.05) is 18.2 Å². The smallest absolute Gasteiger partial charge is 0.222 e. The fourth-order valence-corrected chi connectivity index (χ4v) is 2.07. The fraction of sp³-hybridized carbons (Fsp3) is 0.353. The molecule has 0 spiro atoms. The number of amides is 1. The predicted octanol–water partition coefficient (Wildman–Crippen LogP) is 2.86. The molecule has 0 saturated heterocycles. The minimum Gasteiger partial charge on any atom is -0.494 e. The molecule has 0 N–H and O–H groups in total. The van der Waals surface area contributed by atoms with Gasteiger partial charge in [-0.05, 0) is 31.5 Å². The number of nitrogens with zero attached hydrogens (tertiary/aromatic N) is 3. The van der Waals surface area contributed by atoms with Crippen molar-refractivity contribution in [3.8, 4) is 5.75 Å². The number of hydrogen-bond acceptors (Lipinski definition) is 4. The Bertz CT molecular complexity index is 575. The molecule has 1 aromatic heterocycles. The van der Waals surface area contributed by atoms with E-state index in [1.807, 2.05) is 43.3 Å². The van der Waals surface area contributed by atoms with Crippen LogP contribution in [0.3, 0.4) is 0 Å². The van der Waals surface area contributed by atoms with Crippen LogP contribution in [0.15, 0.2) is 48.9 Å². The first-order valence-corrected chi connectivity index (χ1v) is 7.38. The van der Waals surface area contributed by atoms with E-state index in [1.54, 1.807) is 18.1 Å². The Hall–Kier alpha value is -2.43. The van der Waals surface area contributed by atoms with Crippen LogP contribution in [-0.4, -0.2) is 34.4 Å². The molecule has 2 rings (SSSR count). The summed E-state index contributed by atoms with van der Waals surface area (Å²) in [5.74, 6) is 0.917. The Morgan fingerprint density at radius 3 is 2.73 bits per heavy atom. The molecule has 2 aromatic rings. The molecule has 1 aromatic carbocycles. The molecule has 0 radical (unpaired) electrons. The van der Waals surface area contributed by atoms with Gasteiger partial charge < -0.3 is 9.64 Å². The molecule has 0 fully saturated rings. The van der Waals surface area contributed by atoms with Crippen molar-refractivity contribution in [1.82, 2.24) is 14.9 Å². The molecule has 0 aliphatic carbocycles. The Labute approximate surface area is 131 Å². The maximum Gasteiger partial charge on any atom is 0.222 e. The van der Waals surface area contributed by atoms with Crippen molar-refractivity contribution in [2.75, 3.05) is 13.7 Å². The molecule has 1 heterocycles. The monoisotopic (exact) mass is 299 g/mol. The molecular formula is C17H21N3O2. The topological polar surface area (TPSA) is 55.3 Å². The van der Waals surface area contributed by atoms with Gasteiger partial charge in [0.25, 0.3) is 0 Å². The van der Waals surface area contributed by atoms with Crippen LogP contribution in [0.5, 0.6) is 5.75 Å². The molecule has 5 heteroatoms. The zero-order valence-corrected chi connectivity index (χ0v) is 13.0. The Balaban J connectivity index is 1.75. The first-order valence-electron chi connectivity index (χ1n) is 7.38. The molecule has 0 saturated carbocycles. The molecule has 22 heavy (non-hydrogen) atoms. The lowest BCUT2D eigenvalue weighted by atomic mass is 10.2. The quantitative estimate of drug-likeness (QED) is 0.738. The van der Waals surface area contributed by atoms with Crippen molar-refractivity contribution in [3.05, 3.63) is 54.6 Å². The van der Waals surface area contributed by atoms with Gasteiger partial charge in [0.1, 0.15) is 12.1 Å². The van der Waals surface area contributed by atoms with E-state index in [9.17, 15) is 4.79 Å². The maximum absolute atomic E-state index is 12.2. The van der Waals surface area contributed by atoms with Crippen LogP contribution in [-0.2, 0) is 4.79 Å². The average Bonchev–Trinajstić information content (AvgIpc) is 2.59.